The first-order valence-corrected chi connectivity index (χ1v) is 5.10. The maximum absolute atomic E-state index is 11.4. The standard InChI is InChI=1S/C11H13NO3/c13-10(9-5-2-6-12-9)7-15-11(14)8-3-1-4-8/h2,5-6,8,12H,1,3-4,7H2. The summed E-state index contributed by atoms with van der Waals surface area (Å²) in [5.74, 6) is -0.393. The maximum Gasteiger partial charge on any atom is 0.309 e. The van der Waals surface area contributed by atoms with Gasteiger partial charge in [-0.15, -0.1) is 0 Å². The lowest BCUT2D eigenvalue weighted by Crippen LogP contribution is -2.26. The van der Waals surface area contributed by atoms with E-state index in [4.69, 9.17) is 4.74 Å². The Balaban J connectivity index is 1.78. The first-order chi connectivity index (χ1) is 7.27. The van der Waals surface area contributed by atoms with Gasteiger partial charge in [0.15, 0.2) is 6.61 Å². The van der Waals surface area contributed by atoms with Crippen molar-refractivity contribution in [1.82, 2.24) is 4.98 Å². The number of H-pyrrole nitrogens is 1. The summed E-state index contributed by atoms with van der Waals surface area (Å²) >= 11 is 0. The molecule has 4 nitrogen and oxygen atoms in total. The number of rotatable bonds is 4. The van der Waals surface area contributed by atoms with Crippen LogP contribution >= 0.6 is 0 Å². The van der Waals surface area contributed by atoms with Crippen molar-refractivity contribution in [2.75, 3.05) is 6.61 Å². The molecule has 1 N–H and O–H groups in total. The molecule has 1 saturated carbocycles. The molecule has 0 saturated heterocycles. The smallest absolute Gasteiger partial charge is 0.309 e. The first kappa shape index (κ1) is 9.96. The second kappa shape index (κ2) is 4.29. The zero-order valence-electron chi connectivity index (χ0n) is 8.36. The molecule has 4 heteroatoms. The second-order valence-electron chi connectivity index (χ2n) is 3.74. The van der Waals surface area contributed by atoms with Crippen LogP contribution in [-0.2, 0) is 9.53 Å². The van der Waals surface area contributed by atoms with Crippen LogP contribution < -0.4 is 0 Å². The molecule has 15 heavy (non-hydrogen) atoms. The summed E-state index contributed by atoms with van der Waals surface area (Å²) in [6, 6.07) is 3.40. The molecule has 1 aliphatic rings. The van der Waals surface area contributed by atoms with E-state index in [1.807, 2.05) is 0 Å². The fourth-order valence-corrected chi connectivity index (χ4v) is 1.48. The molecule has 1 aliphatic carbocycles. The van der Waals surface area contributed by atoms with Crippen LogP contribution in [0, 0.1) is 5.92 Å². The van der Waals surface area contributed by atoms with Crippen molar-refractivity contribution in [1.29, 1.82) is 0 Å². The van der Waals surface area contributed by atoms with Gasteiger partial charge in [0.2, 0.25) is 5.78 Å². The summed E-state index contributed by atoms with van der Waals surface area (Å²) in [4.78, 5) is 25.5. The minimum atomic E-state index is -0.235. The number of nitrogens with one attached hydrogen (secondary N) is 1. The van der Waals surface area contributed by atoms with Gasteiger partial charge in [-0.2, -0.15) is 0 Å². The molecule has 1 fully saturated rings. The highest BCUT2D eigenvalue weighted by molar-refractivity contribution is 5.96. The molecular weight excluding hydrogens is 194 g/mol. The van der Waals surface area contributed by atoms with Gasteiger partial charge in [-0.3, -0.25) is 9.59 Å². The Hall–Kier alpha value is -1.58. The lowest BCUT2D eigenvalue weighted by Gasteiger charge is -2.22. The van der Waals surface area contributed by atoms with Crippen molar-refractivity contribution in [3.05, 3.63) is 24.0 Å². The SMILES string of the molecule is O=C(COC(=O)C1CCC1)c1ccc[nH]1. The Bertz CT molecular complexity index is 352. The highest BCUT2D eigenvalue weighted by Gasteiger charge is 2.27. The summed E-state index contributed by atoms with van der Waals surface area (Å²) in [6.07, 6.45) is 4.55. The fraction of sp³-hybridized carbons (Fsp3) is 0.455. The molecule has 0 amide bonds. The topological polar surface area (TPSA) is 59.2 Å². The summed E-state index contributed by atoms with van der Waals surface area (Å²) in [5.41, 5.74) is 0.483. The van der Waals surface area contributed by atoms with Gasteiger partial charge in [-0.1, -0.05) is 6.42 Å². The molecule has 0 radical (unpaired) electrons. The zero-order valence-corrected chi connectivity index (χ0v) is 8.36. The van der Waals surface area contributed by atoms with E-state index in [0.717, 1.165) is 19.3 Å². The van der Waals surface area contributed by atoms with Crippen LogP contribution in [0.15, 0.2) is 18.3 Å². The molecule has 2 rings (SSSR count). The van der Waals surface area contributed by atoms with Gasteiger partial charge in [-0.05, 0) is 25.0 Å². The Morgan fingerprint density at radius 1 is 1.47 bits per heavy atom. The summed E-state index contributed by atoms with van der Waals surface area (Å²) in [7, 11) is 0. The molecule has 1 heterocycles. The lowest BCUT2D eigenvalue weighted by molar-refractivity contribution is -0.150. The quantitative estimate of drug-likeness (QED) is 0.601. The van der Waals surface area contributed by atoms with Gasteiger partial charge >= 0.3 is 5.97 Å². The fourth-order valence-electron chi connectivity index (χ4n) is 1.48. The molecular formula is C11H13NO3. The van der Waals surface area contributed by atoms with Crippen LogP contribution in [0.3, 0.4) is 0 Å². The number of esters is 1. The van der Waals surface area contributed by atoms with Crippen LogP contribution in [0.25, 0.3) is 0 Å². The van der Waals surface area contributed by atoms with Gasteiger partial charge in [0.1, 0.15) is 0 Å². The molecule has 0 aliphatic heterocycles. The van der Waals surface area contributed by atoms with Gasteiger partial charge in [0.25, 0.3) is 0 Å². The number of ether oxygens (including phenoxy) is 1. The Morgan fingerprint density at radius 3 is 2.80 bits per heavy atom. The van der Waals surface area contributed by atoms with Crippen LogP contribution in [0.1, 0.15) is 29.8 Å². The van der Waals surface area contributed by atoms with Gasteiger partial charge in [-0.25, -0.2) is 0 Å². The van der Waals surface area contributed by atoms with Gasteiger partial charge < -0.3 is 9.72 Å². The Labute approximate surface area is 87.6 Å². The summed E-state index contributed by atoms with van der Waals surface area (Å²) < 4.78 is 4.92. The predicted octanol–water partition coefficient (Wildman–Crippen LogP) is 1.54. The van der Waals surface area contributed by atoms with E-state index in [-0.39, 0.29) is 24.3 Å². The van der Waals surface area contributed by atoms with Gasteiger partial charge in [0, 0.05) is 6.20 Å². The third-order valence-electron chi connectivity index (χ3n) is 2.68. The summed E-state index contributed by atoms with van der Waals surface area (Å²) in [5, 5.41) is 0. The largest absolute Gasteiger partial charge is 0.457 e. The second-order valence-corrected chi connectivity index (χ2v) is 3.74. The molecule has 1 aromatic heterocycles. The number of aromatic nitrogens is 1. The Morgan fingerprint density at radius 2 is 2.27 bits per heavy atom. The number of hydrogen-bond donors (Lipinski definition) is 1. The number of carbonyl (C=O) groups excluding carboxylic acids is 2. The number of carbonyl (C=O) groups is 2. The van der Waals surface area contributed by atoms with Crippen LogP contribution in [-0.4, -0.2) is 23.3 Å². The first-order valence-electron chi connectivity index (χ1n) is 5.10. The normalized spacial score (nSPS) is 15.7. The number of hydrogen-bond acceptors (Lipinski definition) is 3. The van der Waals surface area contributed by atoms with Crippen LogP contribution in [0.5, 0.6) is 0 Å². The van der Waals surface area contributed by atoms with Crippen molar-refractivity contribution >= 4 is 11.8 Å². The molecule has 0 spiro atoms. The molecule has 80 valence electrons. The third-order valence-corrected chi connectivity index (χ3v) is 2.68. The minimum Gasteiger partial charge on any atom is -0.457 e. The minimum absolute atomic E-state index is 0.0291. The molecule has 0 unspecified atom stereocenters. The third kappa shape index (κ3) is 2.26. The van der Waals surface area contributed by atoms with E-state index in [1.165, 1.54) is 0 Å². The maximum atomic E-state index is 11.4. The van der Waals surface area contributed by atoms with Crippen molar-refractivity contribution in [3.8, 4) is 0 Å². The van der Waals surface area contributed by atoms with Gasteiger partial charge in [0.05, 0.1) is 11.6 Å². The van der Waals surface area contributed by atoms with E-state index in [9.17, 15) is 9.59 Å². The van der Waals surface area contributed by atoms with Crippen LogP contribution in [0.2, 0.25) is 0 Å². The van der Waals surface area contributed by atoms with E-state index >= 15 is 0 Å². The predicted molar refractivity (Wildman–Crippen MR) is 53.4 cm³/mol. The Kier molecular flexibility index (Phi) is 2.85. The van der Waals surface area contributed by atoms with E-state index in [1.54, 1.807) is 18.3 Å². The number of Topliss-reactive ketones (excluding diaryl/α,β-unsaturated/α-hetero) is 1. The van der Waals surface area contributed by atoms with Crippen molar-refractivity contribution in [2.45, 2.75) is 19.3 Å². The molecule has 0 aromatic carbocycles. The number of aromatic amines is 1. The number of ketones is 1. The highest BCUT2D eigenvalue weighted by Crippen LogP contribution is 2.27. The average Bonchev–Trinajstić information content (AvgIpc) is 2.63. The molecule has 0 bridgehead atoms. The van der Waals surface area contributed by atoms with Crippen molar-refractivity contribution in [2.24, 2.45) is 5.92 Å². The summed E-state index contributed by atoms with van der Waals surface area (Å²) in [6.45, 7) is -0.157. The monoisotopic (exact) mass is 207 g/mol. The highest BCUT2D eigenvalue weighted by atomic mass is 16.5. The average molecular weight is 207 g/mol. The van der Waals surface area contributed by atoms with Crippen LogP contribution in [0.4, 0.5) is 0 Å². The van der Waals surface area contributed by atoms with E-state index in [2.05, 4.69) is 4.98 Å². The molecule has 0 atom stereocenters. The van der Waals surface area contributed by atoms with E-state index < -0.39 is 0 Å². The van der Waals surface area contributed by atoms with E-state index in [0.29, 0.717) is 5.69 Å². The lowest BCUT2D eigenvalue weighted by atomic mass is 9.86. The molecule has 1 aromatic rings. The van der Waals surface area contributed by atoms with Crippen molar-refractivity contribution < 1.29 is 14.3 Å². The zero-order chi connectivity index (χ0) is 10.7. The van der Waals surface area contributed by atoms with Crippen molar-refractivity contribution in [3.63, 3.8) is 0 Å².